The van der Waals surface area contributed by atoms with Crippen molar-refractivity contribution in [1.82, 2.24) is 20.2 Å². The van der Waals surface area contributed by atoms with Gasteiger partial charge in [-0.05, 0) is 18.2 Å². The number of hydrogen-bond acceptors (Lipinski definition) is 4. The van der Waals surface area contributed by atoms with Gasteiger partial charge in [0.05, 0.1) is 11.2 Å². The van der Waals surface area contributed by atoms with Crippen LogP contribution in [0.3, 0.4) is 0 Å². The van der Waals surface area contributed by atoms with Crippen molar-refractivity contribution in [2.75, 3.05) is 0 Å². The average molecular weight is 247 g/mol. The minimum atomic E-state index is 0.181. The molecule has 3 rings (SSSR count). The predicted molar refractivity (Wildman–Crippen MR) is 63.8 cm³/mol. The first-order valence-electron chi connectivity index (χ1n) is 4.89. The molecule has 2 N–H and O–H groups in total. The lowest BCUT2D eigenvalue weighted by molar-refractivity contribution is 0.476. The van der Waals surface area contributed by atoms with E-state index in [0.717, 1.165) is 10.9 Å². The van der Waals surface area contributed by atoms with Gasteiger partial charge in [0, 0.05) is 11.5 Å². The molecule has 0 saturated heterocycles. The van der Waals surface area contributed by atoms with Crippen LogP contribution in [0.4, 0.5) is 0 Å². The molecule has 0 saturated carbocycles. The van der Waals surface area contributed by atoms with E-state index in [2.05, 4.69) is 20.2 Å². The third-order valence-corrected chi connectivity index (χ3v) is 2.63. The number of fused-ring (bicyclic) bond motifs is 1. The fourth-order valence-corrected chi connectivity index (χ4v) is 1.81. The maximum absolute atomic E-state index is 9.47. The first-order chi connectivity index (χ1) is 8.24. The molecule has 5 nitrogen and oxygen atoms in total. The van der Waals surface area contributed by atoms with Crippen LogP contribution in [0.5, 0.6) is 5.75 Å². The molecule has 2 aromatic heterocycles. The molecule has 0 fully saturated rings. The van der Waals surface area contributed by atoms with Gasteiger partial charge >= 0.3 is 0 Å². The third kappa shape index (κ3) is 1.70. The van der Waals surface area contributed by atoms with E-state index < -0.39 is 0 Å². The zero-order valence-electron chi connectivity index (χ0n) is 8.55. The molecule has 0 spiro atoms. The Labute approximate surface area is 101 Å². The summed E-state index contributed by atoms with van der Waals surface area (Å²) in [6.45, 7) is 0. The van der Waals surface area contributed by atoms with Gasteiger partial charge < -0.3 is 5.11 Å². The second-order valence-corrected chi connectivity index (χ2v) is 3.92. The van der Waals surface area contributed by atoms with Crippen molar-refractivity contribution in [2.45, 2.75) is 0 Å². The Bertz CT molecular complexity index is 695. The SMILES string of the molecule is Oc1ccc2[nH]nc(-c3cc(Cl)ncn3)c2c1. The fraction of sp³-hybridized carbons (Fsp3) is 0. The Kier molecular flexibility index (Phi) is 2.19. The van der Waals surface area contributed by atoms with Gasteiger partial charge in [0.2, 0.25) is 0 Å². The van der Waals surface area contributed by atoms with Crippen molar-refractivity contribution in [1.29, 1.82) is 0 Å². The van der Waals surface area contributed by atoms with E-state index in [1.165, 1.54) is 6.33 Å². The van der Waals surface area contributed by atoms with Gasteiger partial charge in [0.15, 0.2) is 0 Å². The second-order valence-electron chi connectivity index (χ2n) is 3.53. The van der Waals surface area contributed by atoms with Crippen LogP contribution in [0.25, 0.3) is 22.3 Å². The lowest BCUT2D eigenvalue weighted by Gasteiger charge is -1.97. The van der Waals surface area contributed by atoms with Crippen LogP contribution in [0.15, 0.2) is 30.6 Å². The average Bonchev–Trinajstić information content (AvgIpc) is 2.71. The van der Waals surface area contributed by atoms with E-state index in [1.807, 2.05) is 0 Å². The van der Waals surface area contributed by atoms with E-state index in [9.17, 15) is 5.11 Å². The summed E-state index contributed by atoms with van der Waals surface area (Å²) < 4.78 is 0. The number of nitrogens with zero attached hydrogens (tertiary/aromatic N) is 3. The van der Waals surface area contributed by atoms with Crippen LogP contribution < -0.4 is 0 Å². The smallest absolute Gasteiger partial charge is 0.133 e. The highest BCUT2D eigenvalue weighted by atomic mass is 35.5. The maximum atomic E-state index is 9.47. The summed E-state index contributed by atoms with van der Waals surface area (Å²) in [4.78, 5) is 7.92. The minimum absolute atomic E-state index is 0.181. The highest BCUT2D eigenvalue weighted by Crippen LogP contribution is 2.28. The molecule has 2 heterocycles. The number of H-pyrrole nitrogens is 1. The van der Waals surface area contributed by atoms with Crippen LogP contribution in [-0.4, -0.2) is 25.3 Å². The molecule has 0 unspecified atom stereocenters. The Morgan fingerprint density at radius 3 is 2.88 bits per heavy atom. The monoisotopic (exact) mass is 246 g/mol. The number of hydrogen-bond donors (Lipinski definition) is 2. The van der Waals surface area contributed by atoms with E-state index in [4.69, 9.17) is 11.6 Å². The number of aromatic hydroxyl groups is 1. The summed E-state index contributed by atoms with van der Waals surface area (Å²) in [5.74, 6) is 0.181. The molecule has 0 aliphatic heterocycles. The van der Waals surface area contributed by atoms with Crippen LogP contribution in [0.2, 0.25) is 5.15 Å². The quantitative estimate of drug-likeness (QED) is 0.647. The van der Waals surface area contributed by atoms with Gasteiger partial charge in [-0.2, -0.15) is 5.10 Å². The molecule has 0 aliphatic rings. The van der Waals surface area contributed by atoms with E-state index >= 15 is 0 Å². The number of benzene rings is 1. The Morgan fingerprint density at radius 1 is 1.18 bits per heavy atom. The molecule has 0 aliphatic carbocycles. The zero-order chi connectivity index (χ0) is 11.8. The number of halogens is 1. The van der Waals surface area contributed by atoms with Crippen molar-refractivity contribution in [3.8, 4) is 17.1 Å². The summed E-state index contributed by atoms with van der Waals surface area (Å²) in [6.07, 6.45) is 1.38. The van der Waals surface area contributed by atoms with Gasteiger partial charge in [0.25, 0.3) is 0 Å². The molecule has 0 radical (unpaired) electrons. The number of aromatic amines is 1. The van der Waals surface area contributed by atoms with Crippen LogP contribution >= 0.6 is 11.6 Å². The fourth-order valence-electron chi connectivity index (χ4n) is 1.66. The van der Waals surface area contributed by atoms with Crippen molar-refractivity contribution in [3.05, 3.63) is 35.7 Å². The highest BCUT2D eigenvalue weighted by Gasteiger charge is 2.10. The van der Waals surface area contributed by atoms with Gasteiger partial charge in [-0.1, -0.05) is 11.6 Å². The number of nitrogens with one attached hydrogen (secondary N) is 1. The Hall–Kier alpha value is -2.14. The zero-order valence-corrected chi connectivity index (χ0v) is 9.31. The third-order valence-electron chi connectivity index (χ3n) is 2.42. The molecule has 0 amide bonds. The van der Waals surface area contributed by atoms with Gasteiger partial charge in [-0.15, -0.1) is 0 Å². The van der Waals surface area contributed by atoms with Crippen molar-refractivity contribution >= 4 is 22.5 Å². The molecule has 3 aromatic rings. The second kappa shape index (κ2) is 3.71. The predicted octanol–water partition coefficient (Wildman–Crippen LogP) is 2.38. The lowest BCUT2D eigenvalue weighted by atomic mass is 10.1. The topological polar surface area (TPSA) is 74.7 Å². The first kappa shape index (κ1) is 10.0. The number of aromatic nitrogens is 4. The number of rotatable bonds is 1. The Morgan fingerprint density at radius 2 is 2.06 bits per heavy atom. The van der Waals surface area contributed by atoms with Crippen LogP contribution in [0, 0.1) is 0 Å². The minimum Gasteiger partial charge on any atom is -0.508 e. The molecule has 17 heavy (non-hydrogen) atoms. The molecule has 0 atom stereocenters. The van der Waals surface area contributed by atoms with Crippen LogP contribution in [0.1, 0.15) is 0 Å². The standard InChI is InChI=1S/C11H7ClN4O/c12-10-4-9(13-5-14-10)11-7-3-6(17)1-2-8(7)15-16-11/h1-5,17H,(H,15,16). The molecule has 84 valence electrons. The summed E-state index contributed by atoms with van der Waals surface area (Å²) >= 11 is 5.81. The molecular weight excluding hydrogens is 240 g/mol. The first-order valence-corrected chi connectivity index (χ1v) is 5.27. The van der Waals surface area contributed by atoms with E-state index in [-0.39, 0.29) is 5.75 Å². The highest BCUT2D eigenvalue weighted by molar-refractivity contribution is 6.29. The maximum Gasteiger partial charge on any atom is 0.133 e. The normalized spacial score (nSPS) is 10.9. The number of phenols is 1. The summed E-state index contributed by atoms with van der Waals surface area (Å²) in [5, 5.41) is 17.7. The molecule has 6 heteroatoms. The summed E-state index contributed by atoms with van der Waals surface area (Å²) in [7, 11) is 0. The van der Waals surface area contributed by atoms with Crippen molar-refractivity contribution < 1.29 is 5.11 Å². The molecule has 0 bridgehead atoms. The van der Waals surface area contributed by atoms with Gasteiger partial charge in [0.1, 0.15) is 22.9 Å². The van der Waals surface area contributed by atoms with E-state index in [1.54, 1.807) is 24.3 Å². The molecular formula is C11H7ClN4O. The lowest BCUT2D eigenvalue weighted by Crippen LogP contribution is -1.86. The summed E-state index contributed by atoms with van der Waals surface area (Å²) in [5.41, 5.74) is 2.08. The Balaban J connectivity index is 2.27. The van der Waals surface area contributed by atoms with E-state index in [0.29, 0.717) is 16.5 Å². The van der Waals surface area contributed by atoms with Crippen molar-refractivity contribution in [3.63, 3.8) is 0 Å². The summed E-state index contributed by atoms with van der Waals surface area (Å²) in [6, 6.07) is 6.60. The van der Waals surface area contributed by atoms with Gasteiger partial charge in [-0.25, -0.2) is 9.97 Å². The molecule has 1 aromatic carbocycles. The van der Waals surface area contributed by atoms with Gasteiger partial charge in [-0.3, -0.25) is 5.10 Å². The van der Waals surface area contributed by atoms with Crippen molar-refractivity contribution in [2.24, 2.45) is 0 Å². The number of phenolic OH excluding ortho intramolecular Hbond substituents is 1. The van der Waals surface area contributed by atoms with Crippen LogP contribution in [-0.2, 0) is 0 Å². The largest absolute Gasteiger partial charge is 0.508 e.